The first-order chi connectivity index (χ1) is 6.40. The van der Waals surface area contributed by atoms with Crippen molar-refractivity contribution in [2.45, 2.75) is 36.8 Å². The highest BCUT2D eigenvalue weighted by molar-refractivity contribution is 7.98. The Morgan fingerprint density at radius 1 is 1.38 bits per heavy atom. The van der Waals surface area contributed by atoms with Crippen molar-refractivity contribution in [3.63, 3.8) is 0 Å². The molecule has 13 heavy (non-hydrogen) atoms. The predicted molar refractivity (Wildman–Crippen MR) is 53.6 cm³/mol. The van der Waals surface area contributed by atoms with Crippen LogP contribution in [0.5, 0.6) is 0 Å². The molecule has 0 atom stereocenters. The molecule has 1 aliphatic heterocycles. The van der Waals surface area contributed by atoms with Crippen LogP contribution in [0.4, 0.5) is 0 Å². The van der Waals surface area contributed by atoms with Gasteiger partial charge in [0.25, 0.3) is 0 Å². The highest BCUT2D eigenvalue weighted by Crippen LogP contribution is 2.46. The average Bonchev–Trinajstić information content (AvgIpc) is 2.76. The van der Waals surface area contributed by atoms with Gasteiger partial charge in [0.15, 0.2) is 0 Å². The Morgan fingerprint density at radius 3 is 2.92 bits per heavy atom. The number of rotatable bonds is 2. The van der Waals surface area contributed by atoms with Gasteiger partial charge in [0.2, 0.25) is 0 Å². The normalized spacial score (nSPS) is 20.7. The number of thioether (sulfide) groups is 1. The molecule has 2 aliphatic rings. The molecule has 0 unspecified atom stereocenters. The van der Waals surface area contributed by atoms with Crippen LogP contribution in [0, 0.1) is 0 Å². The minimum atomic E-state index is 0.658. The van der Waals surface area contributed by atoms with E-state index in [1.165, 1.54) is 35.5 Å². The zero-order chi connectivity index (χ0) is 8.84. The molecular formula is C10H13NOS. The predicted octanol–water partition coefficient (Wildman–Crippen LogP) is 2.36. The molecule has 1 aromatic rings. The lowest BCUT2D eigenvalue weighted by molar-refractivity contribution is 0.478. The van der Waals surface area contributed by atoms with E-state index in [-0.39, 0.29) is 0 Å². The van der Waals surface area contributed by atoms with Crippen LogP contribution >= 0.6 is 11.8 Å². The van der Waals surface area contributed by atoms with Gasteiger partial charge < -0.3 is 10.2 Å². The van der Waals surface area contributed by atoms with Gasteiger partial charge in [-0.15, -0.1) is 11.8 Å². The fraction of sp³-hybridized carbons (Fsp3) is 0.600. The van der Waals surface area contributed by atoms with Gasteiger partial charge in [0.05, 0.1) is 5.75 Å². The molecule has 1 aromatic heterocycles. The van der Waals surface area contributed by atoms with E-state index in [1.807, 2.05) is 11.8 Å². The largest absolute Gasteiger partial charge is 0.464 e. The van der Waals surface area contributed by atoms with Crippen LogP contribution in [0.25, 0.3) is 0 Å². The van der Waals surface area contributed by atoms with Crippen LogP contribution in [0.2, 0.25) is 0 Å². The molecule has 3 rings (SSSR count). The molecule has 0 spiro atoms. The van der Waals surface area contributed by atoms with Gasteiger partial charge in [0.1, 0.15) is 11.5 Å². The Morgan fingerprint density at radius 2 is 2.23 bits per heavy atom. The van der Waals surface area contributed by atoms with Crippen molar-refractivity contribution in [2.24, 2.45) is 5.73 Å². The van der Waals surface area contributed by atoms with Gasteiger partial charge >= 0.3 is 0 Å². The highest BCUT2D eigenvalue weighted by atomic mass is 32.2. The Kier molecular flexibility index (Phi) is 1.70. The van der Waals surface area contributed by atoms with Crippen molar-refractivity contribution in [1.29, 1.82) is 0 Å². The SMILES string of the molecule is NCc1c(C2CC2)oc2c1CSC2. The molecule has 1 saturated carbocycles. The first-order valence-electron chi connectivity index (χ1n) is 4.81. The summed E-state index contributed by atoms with van der Waals surface area (Å²) >= 11 is 1.93. The summed E-state index contributed by atoms with van der Waals surface area (Å²) in [5.41, 5.74) is 8.50. The molecule has 3 heteroatoms. The van der Waals surface area contributed by atoms with Gasteiger partial charge in [-0.25, -0.2) is 0 Å². The van der Waals surface area contributed by atoms with E-state index >= 15 is 0 Å². The van der Waals surface area contributed by atoms with Crippen molar-refractivity contribution in [2.75, 3.05) is 0 Å². The highest BCUT2D eigenvalue weighted by Gasteiger charge is 2.33. The monoisotopic (exact) mass is 195 g/mol. The van der Waals surface area contributed by atoms with E-state index in [0.29, 0.717) is 12.5 Å². The molecule has 70 valence electrons. The van der Waals surface area contributed by atoms with E-state index in [4.69, 9.17) is 10.2 Å². The maximum Gasteiger partial charge on any atom is 0.118 e. The lowest BCUT2D eigenvalue weighted by atomic mass is 10.1. The zero-order valence-electron chi connectivity index (χ0n) is 7.51. The first-order valence-corrected chi connectivity index (χ1v) is 5.96. The van der Waals surface area contributed by atoms with E-state index in [2.05, 4.69) is 0 Å². The summed E-state index contributed by atoms with van der Waals surface area (Å²) in [6.07, 6.45) is 2.60. The fourth-order valence-electron chi connectivity index (χ4n) is 2.00. The van der Waals surface area contributed by atoms with Crippen molar-refractivity contribution in [3.8, 4) is 0 Å². The Labute approximate surface area is 81.9 Å². The number of hydrogen-bond donors (Lipinski definition) is 1. The lowest BCUT2D eigenvalue weighted by Crippen LogP contribution is -2.00. The fourth-order valence-corrected chi connectivity index (χ4v) is 3.06. The van der Waals surface area contributed by atoms with Gasteiger partial charge in [-0.1, -0.05) is 0 Å². The number of hydrogen-bond acceptors (Lipinski definition) is 3. The Hall–Kier alpha value is -0.410. The molecular weight excluding hydrogens is 182 g/mol. The molecule has 2 N–H and O–H groups in total. The second-order valence-corrected chi connectivity index (χ2v) is 4.80. The summed E-state index contributed by atoms with van der Waals surface area (Å²) in [6, 6.07) is 0. The minimum Gasteiger partial charge on any atom is -0.464 e. The molecule has 0 aromatic carbocycles. The number of nitrogens with two attached hydrogens (primary N) is 1. The molecule has 2 heterocycles. The Balaban J connectivity index is 2.09. The molecule has 0 amide bonds. The van der Waals surface area contributed by atoms with Crippen LogP contribution in [0.3, 0.4) is 0 Å². The molecule has 0 radical (unpaired) electrons. The zero-order valence-corrected chi connectivity index (χ0v) is 8.32. The van der Waals surface area contributed by atoms with Crippen molar-refractivity contribution >= 4 is 11.8 Å². The summed E-state index contributed by atoms with van der Waals surface area (Å²) in [6.45, 7) is 0.658. The molecule has 0 bridgehead atoms. The second-order valence-electron chi connectivity index (χ2n) is 3.82. The maximum atomic E-state index is 5.87. The average molecular weight is 195 g/mol. The summed E-state index contributed by atoms with van der Waals surface area (Å²) in [4.78, 5) is 0. The van der Waals surface area contributed by atoms with E-state index in [1.54, 1.807) is 0 Å². The topological polar surface area (TPSA) is 39.2 Å². The van der Waals surface area contributed by atoms with E-state index in [9.17, 15) is 0 Å². The van der Waals surface area contributed by atoms with Gasteiger partial charge in [0, 0.05) is 29.3 Å². The quantitative estimate of drug-likeness (QED) is 0.787. The molecule has 1 fully saturated rings. The smallest absolute Gasteiger partial charge is 0.118 e. The minimum absolute atomic E-state index is 0.658. The van der Waals surface area contributed by atoms with Crippen LogP contribution in [0.1, 0.15) is 41.4 Å². The summed E-state index contributed by atoms with van der Waals surface area (Å²) in [7, 11) is 0. The number of furan rings is 1. The van der Waals surface area contributed by atoms with Gasteiger partial charge in [-0.05, 0) is 12.8 Å². The third-order valence-electron chi connectivity index (χ3n) is 2.86. The Bertz CT molecular complexity index is 341. The van der Waals surface area contributed by atoms with E-state index in [0.717, 1.165) is 11.5 Å². The first kappa shape index (κ1) is 7.94. The van der Waals surface area contributed by atoms with Gasteiger partial charge in [-0.3, -0.25) is 0 Å². The van der Waals surface area contributed by atoms with Crippen molar-refractivity contribution < 1.29 is 4.42 Å². The summed E-state index contributed by atoms with van der Waals surface area (Å²) in [5, 5.41) is 0. The molecule has 0 saturated heterocycles. The van der Waals surface area contributed by atoms with E-state index < -0.39 is 0 Å². The van der Waals surface area contributed by atoms with Crippen molar-refractivity contribution in [1.82, 2.24) is 0 Å². The third-order valence-corrected chi connectivity index (χ3v) is 3.82. The number of fused-ring (bicyclic) bond motifs is 1. The third kappa shape index (κ3) is 1.14. The maximum absolute atomic E-state index is 5.87. The molecule has 2 nitrogen and oxygen atoms in total. The van der Waals surface area contributed by atoms with Gasteiger partial charge in [-0.2, -0.15) is 0 Å². The van der Waals surface area contributed by atoms with Crippen molar-refractivity contribution in [3.05, 3.63) is 22.6 Å². The lowest BCUT2D eigenvalue weighted by Gasteiger charge is -1.99. The molecule has 1 aliphatic carbocycles. The second kappa shape index (κ2) is 2.79. The standard InChI is InChI=1S/C10H13NOS/c11-3-7-8-4-13-5-9(8)12-10(7)6-1-2-6/h6H,1-5,11H2. The van der Waals surface area contributed by atoms with Crippen LogP contribution in [-0.2, 0) is 18.1 Å². The van der Waals surface area contributed by atoms with Crippen LogP contribution in [-0.4, -0.2) is 0 Å². The summed E-state index contributed by atoms with van der Waals surface area (Å²) < 4.78 is 5.87. The summed E-state index contributed by atoms with van der Waals surface area (Å²) in [5.74, 6) is 5.28. The van der Waals surface area contributed by atoms with Crippen LogP contribution < -0.4 is 5.73 Å². The van der Waals surface area contributed by atoms with Crippen LogP contribution in [0.15, 0.2) is 4.42 Å².